The molecule has 2 aromatic carbocycles. The number of aromatic nitrogens is 1. The Labute approximate surface area is 158 Å². The number of carbonyl (C=O) groups excluding carboxylic acids is 1. The first kappa shape index (κ1) is 18.8. The highest BCUT2D eigenvalue weighted by molar-refractivity contribution is 7.92. The molecule has 0 aliphatic carbocycles. The number of anilines is 1. The van der Waals surface area contributed by atoms with Crippen molar-refractivity contribution in [2.45, 2.75) is 31.2 Å². The molecule has 2 N–H and O–H groups in total. The summed E-state index contributed by atoms with van der Waals surface area (Å²) in [6.07, 6.45) is 2.44. The molecule has 27 heavy (non-hydrogen) atoms. The van der Waals surface area contributed by atoms with Crippen LogP contribution in [0.2, 0.25) is 0 Å². The molecule has 0 fully saturated rings. The minimum atomic E-state index is -3.80. The lowest BCUT2D eigenvalue weighted by Gasteiger charge is -2.12. The Balaban J connectivity index is 1.84. The van der Waals surface area contributed by atoms with Gasteiger partial charge in [0.15, 0.2) is 0 Å². The summed E-state index contributed by atoms with van der Waals surface area (Å²) < 4.78 is 28.0. The van der Waals surface area contributed by atoms with E-state index in [4.69, 9.17) is 0 Å². The van der Waals surface area contributed by atoms with E-state index in [1.165, 1.54) is 24.3 Å². The first-order chi connectivity index (χ1) is 12.9. The van der Waals surface area contributed by atoms with E-state index in [1.807, 2.05) is 26.0 Å². The van der Waals surface area contributed by atoms with Gasteiger partial charge < -0.3 is 5.32 Å². The molecular formula is C20H21N3O3S. The SMILES string of the molecule is CCC(C)NC(=O)c1ccc(S(=O)(=O)Nc2cccc3cccnc23)cc1. The Bertz CT molecular complexity index is 1060. The van der Waals surface area contributed by atoms with Gasteiger partial charge in [-0.25, -0.2) is 8.42 Å². The van der Waals surface area contributed by atoms with Crippen LogP contribution < -0.4 is 10.0 Å². The molecule has 1 aromatic heterocycles. The summed E-state index contributed by atoms with van der Waals surface area (Å²) in [7, 11) is -3.80. The lowest BCUT2D eigenvalue weighted by molar-refractivity contribution is 0.0939. The Morgan fingerprint density at radius 3 is 2.48 bits per heavy atom. The maximum atomic E-state index is 12.7. The van der Waals surface area contributed by atoms with Crippen molar-refractivity contribution in [3.05, 3.63) is 66.4 Å². The number of nitrogens with one attached hydrogen (secondary N) is 2. The van der Waals surface area contributed by atoms with Gasteiger partial charge in [-0.2, -0.15) is 0 Å². The number of pyridine rings is 1. The number of fused-ring (bicyclic) bond motifs is 1. The minimum absolute atomic E-state index is 0.0569. The monoisotopic (exact) mass is 383 g/mol. The largest absolute Gasteiger partial charge is 0.350 e. The van der Waals surface area contributed by atoms with Crippen molar-refractivity contribution in [2.24, 2.45) is 0 Å². The summed E-state index contributed by atoms with van der Waals surface area (Å²) in [4.78, 5) is 16.5. The third kappa shape index (κ3) is 4.25. The van der Waals surface area contributed by atoms with Gasteiger partial charge in [0, 0.05) is 23.2 Å². The first-order valence-corrected chi connectivity index (χ1v) is 10.2. The molecule has 6 nitrogen and oxygen atoms in total. The van der Waals surface area contributed by atoms with Gasteiger partial charge in [-0.05, 0) is 49.7 Å². The van der Waals surface area contributed by atoms with Crippen LogP contribution in [-0.4, -0.2) is 25.4 Å². The van der Waals surface area contributed by atoms with Crippen LogP contribution >= 0.6 is 0 Å². The molecule has 140 valence electrons. The van der Waals surface area contributed by atoms with Gasteiger partial charge in [-0.3, -0.25) is 14.5 Å². The number of para-hydroxylation sites is 1. The molecule has 0 saturated heterocycles. The van der Waals surface area contributed by atoms with Crippen LogP contribution in [-0.2, 0) is 10.0 Å². The van der Waals surface area contributed by atoms with Crippen LogP contribution in [0.25, 0.3) is 10.9 Å². The second-order valence-electron chi connectivity index (χ2n) is 6.29. The second kappa shape index (κ2) is 7.75. The van der Waals surface area contributed by atoms with Crippen LogP contribution in [0.1, 0.15) is 30.6 Å². The Kier molecular flexibility index (Phi) is 5.41. The third-order valence-corrected chi connectivity index (χ3v) is 5.68. The smallest absolute Gasteiger partial charge is 0.261 e. The molecule has 0 aliphatic rings. The summed E-state index contributed by atoms with van der Waals surface area (Å²) in [5, 5.41) is 3.69. The van der Waals surface area contributed by atoms with E-state index in [9.17, 15) is 13.2 Å². The quantitative estimate of drug-likeness (QED) is 0.681. The predicted octanol–water partition coefficient (Wildman–Crippen LogP) is 3.56. The summed E-state index contributed by atoms with van der Waals surface area (Å²) in [5.41, 5.74) is 1.40. The first-order valence-electron chi connectivity index (χ1n) is 8.68. The second-order valence-corrected chi connectivity index (χ2v) is 7.98. The lowest BCUT2D eigenvalue weighted by atomic mass is 10.2. The molecule has 1 amide bonds. The standard InChI is InChI=1S/C20H21N3O3S/c1-3-14(2)22-20(24)16-9-11-17(12-10-16)27(25,26)23-18-8-4-6-15-7-5-13-21-19(15)18/h4-14,23H,3H2,1-2H3,(H,22,24). The van der Waals surface area contributed by atoms with Gasteiger partial charge in [0.2, 0.25) is 0 Å². The number of hydrogen-bond donors (Lipinski definition) is 2. The van der Waals surface area contributed by atoms with Crippen molar-refractivity contribution in [1.29, 1.82) is 0 Å². The van der Waals surface area contributed by atoms with Gasteiger partial charge in [0.25, 0.3) is 15.9 Å². The van der Waals surface area contributed by atoms with Gasteiger partial charge in [0.05, 0.1) is 16.1 Å². The molecule has 0 spiro atoms. The highest BCUT2D eigenvalue weighted by Gasteiger charge is 2.17. The zero-order valence-electron chi connectivity index (χ0n) is 15.1. The number of hydrogen-bond acceptors (Lipinski definition) is 4. The van der Waals surface area contributed by atoms with E-state index in [0.717, 1.165) is 11.8 Å². The van der Waals surface area contributed by atoms with E-state index >= 15 is 0 Å². The van der Waals surface area contributed by atoms with Crippen molar-refractivity contribution < 1.29 is 13.2 Å². The molecule has 3 rings (SSSR count). The average Bonchev–Trinajstić information content (AvgIpc) is 2.68. The van der Waals surface area contributed by atoms with Crippen LogP contribution in [0.15, 0.2) is 65.7 Å². The molecule has 0 aliphatic heterocycles. The van der Waals surface area contributed by atoms with Crippen LogP contribution in [0, 0.1) is 0 Å². The number of sulfonamides is 1. The van der Waals surface area contributed by atoms with Crippen molar-refractivity contribution in [3.8, 4) is 0 Å². The zero-order valence-corrected chi connectivity index (χ0v) is 16.0. The average molecular weight is 383 g/mol. The summed E-state index contributed by atoms with van der Waals surface area (Å²) >= 11 is 0. The van der Waals surface area contributed by atoms with Crippen molar-refractivity contribution >= 4 is 32.5 Å². The van der Waals surface area contributed by atoms with Gasteiger partial charge in [-0.1, -0.05) is 25.1 Å². The molecule has 3 aromatic rings. The number of rotatable bonds is 6. The number of amides is 1. The third-order valence-electron chi connectivity index (χ3n) is 4.29. The van der Waals surface area contributed by atoms with E-state index in [0.29, 0.717) is 16.8 Å². The maximum Gasteiger partial charge on any atom is 0.261 e. The van der Waals surface area contributed by atoms with Gasteiger partial charge in [0.1, 0.15) is 0 Å². The normalized spacial score (nSPS) is 12.5. The molecule has 1 atom stereocenters. The zero-order chi connectivity index (χ0) is 19.4. The highest BCUT2D eigenvalue weighted by atomic mass is 32.2. The Morgan fingerprint density at radius 1 is 1.07 bits per heavy atom. The molecule has 1 heterocycles. The van der Waals surface area contributed by atoms with Gasteiger partial charge in [-0.15, -0.1) is 0 Å². The lowest BCUT2D eigenvalue weighted by Crippen LogP contribution is -2.31. The van der Waals surface area contributed by atoms with Crippen molar-refractivity contribution in [1.82, 2.24) is 10.3 Å². The Morgan fingerprint density at radius 2 is 1.78 bits per heavy atom. The molecule has 1 unspecified atom stereocenters. The molecule has 0 radical (unpaired) electrons. The molecule has 0 bridgehead atoms. The summed E-state index contributed by atoms with van der Waals surface area (Å²) in [6.45, 7) is 3.90. The van der Waals surface area contributed by atoms with E-state index in [-0.39, 0.29) is 16.8 Å². The van der Waals surface area contributed by atoms with E-state index in [2.05, 4.69) is 15.0 Å². The fourth-order valence-electron chi connectivity index (χ4n) is 2.58. The summed E-state index contributed by atoms with van der Waals surface area (Å²) in [5.74, 6) is -0.223. The molecule has 0 saturated carbocycles. The predicted molar refractivity (Wildman–Crippen MR) is 106 cm³/mol. The number of carbonyl (C=O) groups is 1. The van der Waals surface area contributed by atoms with Crippen LogP contribution in [0.4, 0.5) is 5.69 Å². The minimum Gasteiger partial charge on any atom is -0.350 e. The van der Waals surface area contributed by atoms with Crippen LogP contribution in [0.5, 0.6) is 0 Å². The molecular weight excluding hydrogens is 362 g/mol. The van der Waals surface area contributed by atoms with Crippen molar-refractivity contribution in [2.75, 3.05) is 4.72 Å². The summed E-state index contributed by atoms with van der Waals surface area (Å²) in [6, 6.07) is 14.9. The van der Waals surface area contributed by atoms with E-state index < -0.39 is 10.0 Å². The van der Waals surface area contributed by atoms with Gasteiger partial charge >= 0.3 is 0 Å². The number of benzene rings is 2. The van der Waals surface area contributed by atoms with E-state index in [1.54, 1.807) is 24.4 Å². The van der Waals surface area contributed by atoms with Crippen molar-refractivity contribution in [3.63, 3.8) is 0 Å². The van der Waals surface area contributed by atoms with Crippen LogP contribution in [0.3, 0.4) is 0 Å². The topological polar surface area (TPSA) is 88.2 Å². The fraction of sp³-hybridized carbons (Fsp3) is 0.200. The highest BCUT2D eigenvalue weighted by Crippen LogP contribution is 2.24. The maximum absolute atomic E-state index is 12.7. The Hall–Kier alpha value is -2.93. The number of nitrogens with zero attached hydrogens (tertiary/aromatic N) is 1. The fourth-order valence-corrected chi connectivity index (χ4v) is 3.65. The molecule has 7 heteroatoms.